The van der Waals surface area contributed by atoms with Crippen molar-refractivity contribution in [1.82, 2.24) is 0 Å². The zero-order chi connectivity index (χ0) is 11.4. The predicted octanol–water partition coefficient (Wildman–Crippen LogP) is 3.01. The van der Waals surface area contributed by atoms with Crippen molar-refractivity contribution in [2.24, 2.45) is 5.92 Å². The SMILES string of the molecule is N#Cc1ccc(F)cc1COCCC1CC1. The molecule has 0 aromatic heterocycles. The van der Waals surface area contributed by atoms with E-state index in [9.17, 15) is 4.39 Å². The number of benzene rings is 1. The van der Waals surface area contributed by atoms with Crippen molar-refractivity contribution in [1.29, 1.82) is 5.26 Å². The third-order valence-corrected chi connectivity index (χ3v) is 2.81. The standard InChI is InChI=1S/C13H14FNO/c14-13-4-3-11(8-15)12(7-13)9-16-6-5-10-1-2-10/h3-4,7,10H,1-2,5-6,9H2. The maximum absolute atomic E-state index is 13.0. The quantitative estimate of drug-likeness (QED) is 0.713. The van der Waals surface area contributed by atoms with E-state index in [1.807, 2.05) is 6.07 Å². The summed E-state index contributed by atoms with van der Waals surface area (Å²) >= 11 is 0. The highest BCUT2D eigenvalue weighted by Crippen LogP contribution is 2.32. The van der Waals surface area contributed by atoms with E-state index in [4.69, 9.17) is 10.00 Å². The number of rotatable bonds is 5. The molecule has 1 aromatic carbocycles. The van der Waals surface area contributed by atoms with Gasteiger partial charge in [-0.25, -0.2) is 4.39 Å². The van der Waals surface area contributed by atoms with Gasteiger partial charge in [-0.05, 0) is 36.1 Å². The summed E-state index contributed by atoms with van der Waals surface area (Å²) in [5, 5.41) is 8.84. The van der Waals surface area contributed by atoms with Crippen LogP contribution in [-0.4, -0.2) is 6.61 Å². The van der Waals surface area contributed by atoms with E-state index in [1.54, 1.807) is 0 Å². The van der Waals surface area contributed by atoms with Gasteiger partial charge >= 0.3 is 0 Å². The van der Waals surface area contributed by atoms with Crippen LogP contribution in [0.25, 0.3) is 0 Å². The Morgan fingerprint density at radius 3 is 2.94 bits per heavy atom. The first-order chi connectivity index (χ1) is 7.79. The first-order valence-corrected chi connectivity index (χ1v) is 5.56. The number of ether oxygens (including phenoxy) is 1. The summed E-state index contributed by atoms with van der Waals surface area (Å²) < 4.78 is 18.4. The molecule has 2 rings (SSSR count). The van der Waals surface area contributed by atoms with E-state index in [0.717, 1.165) is 12.3 Å². The minimum atomic E-state index is -0.320. The summed E-state index contributed by atoms with van der Waals surface area (Å²) in [5.74, 6) is 0.516. The summed E-state index contributed by atoms with van der Waals surface area (Å²) in [6.45, 7) is 1.03. The van der Waals surface area contributed by atoms with Crippen LogP contribution in [0.3, 0.4) is 0 Å². The second-order valence-electron chi connectivity index (χ2n) is 4.20. The molecule has 0 aliphatic heterocycles. The first-order valence-electron chi connectivity index (χ1n) is 5.56. The highest BCUT2D eigenvalue weighted by molar-refractivity contribution is 5.37. The van der Waals surface area contributed by atoms with E-state index in [1.165, 1.54) is 31.0 Å². The van der Waals surface area contributed by atoms with Crippen molar-refractivity contribution >= 4 is 0 Å². The van der Waals surface area contributed by atoms with Crippen molar-refractivity contribution in [2.45, 2.75) is 25.9 Å². The molecule has 2 nitrogen and oxygen atoms in total. The fourth-order valence-corrected chi connectivity index (χ4v) is 1.63. The Bertz CT molecular complexity index is 407. The molecule has 0 radical (unpaired) electrons. The highest BCUT2D eigenvalue weighted by atomic mass is 19.1. The topological polar surface area (TPSA) is 33.0 Å². The van der Waals surface area contributed by atoms with E-state index in [-0.39, 0.29) is 5.82 Å². The summed E-state index contributed by atoms with van der Waals surface area (Å²) in [6.07, 6.45) is 3.71. The lowest BCUT2D eigenvalue weighted by atomic mass is 10.1. The van der Waals surface area contributed by atoms with Gasteiger partial charge in [0.05, 0.1) is 18.2 Å². The van der Waals surface area contributed by atoms with Crippen molar-refractivity contribution in [3.05, 3.63) is 35.1 Å². The molecule has 0 spiro atoms. The average Bonchev–Trinajstić information content (AvgIpc) is 3.08. The fourth-order valence-electron chi connectivity index (χ4n) is 1.63. The fraction of sp³-hybridized carbons (Fsp3) is 0.462. The van der Waals surface area contributed by atoms with Crippen LogP contribution >= 0.6 is 0 Å². The Balaban J connectivity index is 1.86. The van der Waals surface area contributed by atoms with Crippen LogP contribution in [0.2, 0.25) is 0 Å². The normalized spacial score (nSPS) is 14.8. The number of halogens is 1. The van der Waals surface area contributed by atoms with Gasteiger partial charge in [0.15, 0.2) is 0 Å². The molecule has 84 valence electrons. The Hall–Kier alpha value is -1.40. The van der Waals surface area contributed by atoms with Gasteiger partial charge in [0.25, 0.3) is 0 Å². The second kappa shape index (κ2) is 5.09. The largest absolute Gasteiger partial charge is 0.377 e. The number of nitriles is 1. The van der Waals surface area contributed by atoms with Gasteiger partial charge in [-0.1, -0.05) is 12.8 Å². The van der Waals surface area contributed by atoms with Crippen LogP contribution in [0.5, 0.6) is 0 Å². The lowest BCUT2D eigenvalue weighted by Crippen LogP contribution is -1.99. The van der Waals surface area contributed by atoms with Crippen molar-refractivity contribution in [3.63, 3.8) is 0 Å². The monoisotopic (exact) mass is 219 g/mol. The summed E-state index contributed by atoms with van der Waals surface area (Å²) in [6, 6.07) is 6.20. The van der Waals surface area contributed by atoms with Crippen LogP contribution in [-0.2, 0) is 11.3 Å². The average molecular weight is 219 g/mol. The van der Waals surface area contributed by atoms with E-state index in [2.05, 4.69) is 0 Å². The van der Waals surface area contributed by atoms with Crippen LogP contribution in [0.4, 0.5) is 4.39 Å². The molecule has 1 saturated carbocycles. The molecular formula is C13H14FNO. The van der Waals surface area contributed by atoms with E-state index in [0.29, 0.717) is 24.3 Å². The highest BCUT2D eigenvalue weighted by Gasteiger charge is 2.20. The van der Waals surface area contributed by atoms with E-state index < -0.39 is 0 Å². The molecule has 0 atom stereocenters. The summed E-state index contributed by atoms with van der Waals surface area (Å²) in [5.41, 5.74) is 1.13. The molecule has 16 heavy (non-hydrogen) atoms. The Morgan fingerprint density at radius 1 is 1.44 bits per heavy atom. The van der Waals surface area contributed by atoms with Gasteiger partial charge in [0, 0.05) is 6.61 Å². The number of hydrogen-bond donors (Lipinski definition) is 0. The van der Waals surface area contributed by atoms with Crippen molar-refractivity contribution in [2.75, 3.05) is 6.61 Å². The molecule has 0 N–H and O–H groups in total. The molecule has 0 saturated heterocycles. The third-order valence-electron chi connectivity index (χ3n) is 2.81. The van der Waals surface area contributed by atoms with Gasteiger partial charge < -0.3 is 4.74 Å². The number of hydrogen-bond acceptors (Lipinski definition) is 2. The zero-order valence-corrected chi connectivity index (χ0v) is 9.08. The lowest BCUT2D eigenvalue weighted by molar-refractivity contribution is 0.115. The zero-order valence-electron chi connectivity index (χ0n) is 9.08. The molecule has 0 bridgehead atoms. The van der Waals surface area contributed by atoms with Crippen molar-refractivity contribution in [3.8, 4) is 6.07 Å². The van der Waals surface area contributed by atoms with Gasteiger partial charge in [0.1, 0.15) is 5.82 Å². The van der Waals surface area contributed by atoms with Gasteiger partial charge in [-0.15, -0.1) is 0 Å². The Morgan fingerprint density at radius 2 is 2.25 bits per heavy atom. The molecule has 0 unspecified atom stereocenters. The van der Waals surface area contributed by atoms with Gasteiger partial charge in [0.2, 0.25) is 0 Å². The number of nitrogens with zero attached hydrogens (tertiary/aromatic N) is 1. The van der Waals surface area contributed by atoms with Crippen LogP contribution in [0.15, 0.2) is 18.2 Å². The lowest BCUT2D eigenvalue weighted by Gasteiger charge is -2.05. The Labute approximate surface area is 94.7 Å². The smallest absolute Gasteiger partial charge is 0.123 e. The molecule has 1 aromatic rings. The van der Waals surface area contributed by atoms with Crippen LogP contribution in [0, 0.1) is 23.1 Å². The molecule has 0 amide bonds. The predicted molar refractivity (Wildman–Crippen MR) is 58.1 cm³/mol. The van der Waals surface area contributed by atoms with Crippen molar-refractivity contribution < 1.29 is 9.13 Å². The molecule has 0 heterocycles. The van der Waals surface area contributed by atoms with Gasteiger partial charge in [-0.3, -0.25) is 0 Å². The Kier molecular flexibility index (Phi) is 3.53. The minimum Gasteiger partial charge on any atom is -0.377 e. The summed E-state index contributed by atoms with van der Waals surface area (Å²) in [4.78, 5) is 0. The maximum Gasteiger partial charge on any atom is 0.123 e. The van der Waals surface area contributed by atoms with Crippen LogP contribution in [0.1, 0.15) is 30.4 Å². The van der Waals surface area contributed by atoms with Crippen LogP contribution < -0.4 is 0 Å². The maximum atomic E-state index is 13.0. The van der Waals surface area contributed by atoms with E-state index >= 15 is 0 Å². The summed E-state index contributed by atoms with van der Waals surface area (Å²) in [7, 11) is 0. The molecule has 1 fully saturated rings. The minimum absolute atomic E-state index is 0.320. The third kappa shape index (κ3) is 3.04. The first kappa shape index (κ1) is 11.1. The van der Waals surface area contributed by atoms with Gasteiger partial charge in [-0.2, -0.15) is 5.26 Å². The molecular weight excluding hydrogens is 205 g/mol. The second-order valence-corrected chi connectivity index (χ2v) is 4.20. The molecule has 1 aliphatic rings. The molecule has 3 heteroatoms. The molecule has 1 aliphatic carbocycles.